The summed E-state index contributed by atoms with van der Waals surface area (Å²) in [6.45, 7) is 9.83. The molecule has 0 bridgehead atoms. The zero-order chi connectivity index (χ0) is 21.3. The lowest BCUT2D eigenvalue weighted by atomic mass is 10.1. The minimum absolute atomic E-state index is 0.172. The molecular weight excluding hydrogens is 398 g/mol. The molecular formula is C22H25N5O2S. The third-order valence-corrected chi connectivity index (χ3v) is 6.23. The Kier molecular flexibility index (Phi) is 5.78. The first kappa shape index (κ1) is 20.4. The van der Waals surface area contributed by atoms with Gasteiger partial charge in [-0.3, -0.25) is 10.1 Å². The molecule has 1 aromatic carbocycles. The number of fused-ring (bicyclic) bond motifs is 2. The molecule has 3 heterocycles. The number of hydrogen-bond acceptors (Lipinski definition) is 6. The molecule has 30 heavy (non-hydrogen) atoms. The molecule has 0 saturated carbocycles. The van der Waals surface area contributed by atoms with Gasteiger partial charge in [-0.25, -0.2) is 15.0 Å². The van der Waals surface area contributed by atoms with E-state index in [0.29, 0.717) is 36.4 Å². The average molecular weight is 424 g/mol. The van der Waals surface area contributed by atoms with Crippen molar-refractivity contribution in [1.29, 1.82) is 0 Å². The molecule has 8 heteroatoms. The Morgan fingerprint density at radius 2 is 1.97 bits per heavy atom. The third-order valence-electron chi connectivity index (χ3n) is 5.04. The fourth-order valence-corrected chi connectivity index (χ4v) is 4.89. The molecule has 0 aliphatic carbocycles. The molecule has 1 N–H and O–H groups in total. The predicted octanol–water partition coefficient (Wildman–Crippen LogP) is 4.65. The quantitative estimate of drug-likeness (QED) is 0.438. The second kappa shape index (κ2) is 8.49. The van der Waals surface area contributed by atoms with Crippen LogP contribution in [-0.2, 0) is 11.3 Å². The van der Waals surface area contributed by atoms with E-state index in [2.05, 4.69) is 20.3 Å². The highest BCUT2D eigenvalue weighted by molar-refractivity contribution is 7.20. The van der Waals surface area contributed by atoms with Crippen molar-refractivity contribution in [3.8, 4) is 0 Å². The number of benzene rings is 1. The molecule has 0 radical (unpaired) electrons. The summed E-state index contributed by atoms with van der Waals surface area (Å²) in [5, 5.41) is 3.99. The lowest BCUT2D eigenvalue weighted by Gasteiger charge is -2.10. The van der Waals surface area contributed by atoms with Crippen molar-refractivity contribution in [3.05, 3.63) is 46.2 Å². The second-order valence-electron chi connectivity index (χ2n) is 7.17. The van der Waals surface area contributed by atoms with Crippen LogP contribution < -0.4 is 5.32 Å². The molecule has 156 valence electrons. The van der Waals surface area contributed by atoms with E-state index in [1.807, 2.05) is 56.5 Å². The van der Waals surface area contributed by atoms with E-state index in [1.165, 1.54) is 11.3 Å². The molecule has 1 amide bonds. The number of carbonyl (C=O) groups is 1. The van der Waals surface area contributed by atoms with Gasteiger partial charge in [-0.2, -0.15) is 0 Å². The van der Waals surface area contributed by atoms with Crippen LogP contribution in [0.25, 0.3) is 21.3 Å². The van der Waals surface area contributed by atoms with E-state index in [1.54, 1.807) is 0 Å². The van der Waals surface area contributed by atoms with Crippen molar-refractivity contribution >= 4 is 44.4 Å². The van der Waals surface area contributed by atoms with Gasteiger partial charge in [0.05, 0.1) is 15.9 Å². The molecule has 0 aliphatic heterocycles. The summed E-state index contributed by atoms with van der Waals surface area (Å²) in [4.78, 5) is 28.3. The second-order valence-corrected chi connectivity index (χ2v) is 8.17. The highest BCUT2D eigenvalue weighted by atomic mass is 32.1. The first-order chi connectivity index (χ1) is 14.5. The number of carbonyl (C=O) groups excluding carboxylic acids is 1. The standard InChI is InChI=1S/C22H25N5O2S/c1-5-29-12-8-11-27-17-10-7-6-9-16(17)25-22(27)26-20(28)19-13(2)18-14(3)23-15(4)24-21(18)30-19/h6-7,9-10H,5,8,11-12H2,1-4H3,(H,25,26,28). The molecule has 0 fully saturated rings. The van der Waals surface area contributed by atoms with Crippen LogP contribution in [0.5, 0.6) is 0 Å². The fraction of sp³-hybridized carbons (Fsp3) is 0.364. The first-order valence-corrected chi connectivity index (χ1v) is 10.9. The van der Waals surface area contributed by atoms with Gasteiger partial charge in [0.25, 0.3) is 5.91 Å². The number of imidazole rings is 1. The largest absolute Gasteiger partial charge is 0.382 e. The van der Waals surface area contributed by atoms with Crippen molar-refractivity contribution < 1.29 is 9.53 Å². The number of nitrogens with zero attached hydrogens (tertiary/aromatic N) is 4. The van der Waals surface area contributed by atoms with Crippen molar-refractivity contribution in [2.75, 3.05) is 18.5 Å². The minimum atomic E-state index is -0.172. The number of para-hydroxylation sites is 2. The van der Waals surface area contributed by atoms with E-state index in [9.17, 15) is 4.79 Å². The normalized spacial score (nSPS) is 11.5. The number of thiophene rings is 1. The Bertz CT molecular complexity index is 1230. The Morgan fingerprint density at radius 3 is 2.77 bits per heavy atom. The van der Waals surface area contributed by atoms with E-state index < -0.39 is 0 Å². The topological polar surface area (TPSA) is 81.9 Å². The summed E-state index contributed by atoms with van der Waals surface area (Å²) in [7, 11) is 0. The van der Waals surface area contributed by atoms with Gasteiger partial charge in [-0.05, 0) is 51.8 Å². The molecule has 0 spiro atoms. The number of anilines is 1. The number of rotatable bonds is 7. The number of ether oxygens (including phenoxy) is 1. The molecule has 0 saturated heterocycles. The third kappa shape index (κ3) is 3.80. The maximum Gasteiger partial charge on any atom is 0.268 e. The maximum atomic E-state index is 13.2. The molecule has 7 nitrogen and oxygen atoms in total. The zero-order valence-corrected chi connectivity index (χ0v) is 18.5. The fourth-order valence-electron chi connectivity index (χ4n) is 3.71. The van der Waals surface area contributed by atoms with E-state index in [4.69, 9.17) is 4.74 Å². The highest BCUT2D eigenvalue weighted by Gasteiger charge is 2.21. The van der Waals surface area contributed by atoms with Crippen molar-refractivity contribution in [1.82, 2.24) is 19.5 Å². The van der Waals surface area contributed by atoms with E-state index in [0.717, 1.165) is 38.9 Å². The highest BCUT2D eigenvalue weighted by Crippen LogP contribution is 2.32. The number of aromatic nitrogens is 4. The Balaban J connectivity index is 1.67. The van der Waals surface area contributed by atoms with E-state index in [-0.39, 0.29) is 5.91 Å². The van der Waals surface area contributed by atoms with Gasteiger partial charge < -0.3 is 9.30 Å². The van der Waals surface area contributed by atoms with Gasteiger partial charge in [0.2, 0.25) is 5.95 Å². The van der Waals surface area contributed by atoms with Gasteiger partial charge in [-0.15, -0.1) is 11.3 Å². The number of amides is 1. The van der Waals surface area contributed by atoms with Crippen molar-refractivity contribution in [3.63, 3.8) is 0 Å². The van der Waals surface area contributed by atoms with Crippen LogP contribution in [0.3, 0.4) is 0 Å². The lowest BCUT2D eigenvalue weighted by Crippen LogP contribution is -2.16. The average Bonchev–Trinajstić information content (AvgIpc) is 3.22. The SMILES string of the molecule is CCOCCCn1c(NC(=O)c2sc3nc(C)nc(C)c3c2C)nc2ccccc21. The summed E-state index contributed by atoms with van der Waals surface area (Å²) in [6.07, 6.45) is 0.840. The minimum Gasteiger partial charge on any atom is -0.382 e. The van der Waals surface area contributed by atoms with Gasteiger partial charge in [0, 0.05) is 30.8 Å². The van der Waals surface area contributed by atoms with Crippen LogP contribution in [0.15, 0.2) is 24.3 Å². The summed E-state index contributed by atoms with van der Waals surface area (Å²) in [5.74, 6) is 1.09. The monoisotopic (exact) mass is 423 g/mol. The van der Waals surface area contributed by atoms with Gasteiger partial charge in [0.1, 0.15) is 10.7 Å². The summed E-state index contributed by atoms with van der Waals surface area (Å²) in [6, 6.07) is 7.90. The lowest BCUT2D eigenvalue weighted by molar-refractivity contribution is 0.102. The Labute approximate surface area is 179 Å². The van der Waals surface area contributed by atoms with Crippen molar-refractivity contribution in [2.24, 2.45) is 0 Å². The summed E-state index contributed by atoms with van der Waals surface area (Å²) >= 11 is 1.40. The van der Waals surface area contributed by atoms with Crippen LogP contribution in [0.4, 0.5) is 5.95 Å². The van der Waals surface area contributed by atoms with Crippen LogP contribution in [0, 0.1) is 20.8 Å². The van der Waals surface area contributed by atoms with Crippen LogP contribution >= 0.6 is 11.3 Å². The number of hydrogen-bond donors (Lipinski definition) is 1. The van der Waals surface area contributed by atoms with Gasteiger partial charge in [-0.1, -0.05) is 12.1 Å². The molecule has 4 aromatic rings. The Hall–Kier alpha value is -2.84. The van der Waals surface area contributed by atoms with Gasteiger partial charge in [0.15, 0.2) is 0 Å². The van der Waals surface area contributed by atoms with Crippen LogP contribution in [0.2, 0.25) is 0 Å². The number of aryl methyl sites for hydroxylation is 4. The Morgan fingerprint density at radius 1 is 1.17 bits per heavy atom. The first-order valence-electron chi connectivity index (χ1n) is 10.1. The summed E-state index contributed by atoms with van der Waals surface area (Å²) in [5.41, 5.74) is 3.65. The maximum absolute atomic E-state index is 13.2. The molecule has 4 rings (SSSR count). The summed E-state index contributed by atoms with van der Waals surface area (Å²) < 4.78 is 7.52. The smallest absolute Gasteiger partial charge is 0.268 e. The van der Waals surface area contributed by atoms with Crippen LogP contribution in [0.1, 0.15) is 40.1 Å². The van der Waals surface area contributed by atoms with Crippen LogP contribution in [-0.4, -0.2) is 38.6 Å². The molecule has 0 unspecified atom stereocenters. The zero-order valence-electron chi connectivity index (χ0n) is 17.7. The van der Waals surface area contributed by atoms with Gasteiger partial charge >= 0.3 is 0 Å². The molecule has 0 aliphatic rings. The predicted molar refractivity (Wildman–Crippen MR) is 120 cm³/mol. The van der Waals surface area contributed by atoms with E-state index >= 15 is 0 Å². The molecule has 3 aromatic heterocycles. The van der Waals surface area contributed by atoms with Crippen molar-refractivity contribution in [2.45, 2.75) is 40.7 Å². The number of nitrogens with one attached hydrogen (secondary N) is 1. The molecule has 0 atom stereocenters.